The van der Waals surface area contributed by atoms with Gasteiger partial charge in [0, 0.05) is 16.8 Å². The molecule has 110 valence electrons. The van der Waals surface area contributed by atoms with Crippen LogP contribution < -0.4 is 10.6 Å². The molecule has 2 rings (SSSR count). The van der Waals surface area contributed by atoms with Crippen LogP contribution in [-0.2, 0) is 4.79 Å². The summed E-state index contributed by atoms with van der Waals surface area (Å²) in [6, 6.07) is 13.1. The number of rotatable bonds is 5. The Hall–Kier alpha value is -1.91. The Balaban J connectivity index is 1.84. The molecule has 0 unspecified atom stereocenters. The van der Waals surface area contributed by atoms with Gasteiger partial charge >= 0.3 is 0 Å². The Kier molecular flexibility index (Phi) is 5.31. The Morgan fingerprint density at radius 3 is 2.62 bits per heavy atom. The van der Waals surface area contributed by atoms with Crippen molar-refractivity contribution in [3.05, 3.63) is 64.9 Å². The number of anilines is 1. The lowest BCUT2D eigenvalue weighted by atomic mass is 10.1. The van der Waals surface area contributed by atoms with Crippen LogP contribution in [0.25, 0.3) is 0 Å². The first-order valence-electron chi connectivity index (χ1n) is 6.59. The van der Waals surface area contributed by atoms with Crippen LogP contribution in [0.3, 0.4) is 0 Å². The number of amides is 1. The Bertz CT molecular complexity index is 616. The Labute approximate surface area is 128 Å². The van der Waals surface area contributed by atoms with Gasteiger partial charge in [0.25, 0.3) is 0 Å². The summed E-state index contributed by atoms with van der Waals surface area (Å²) in [6.07, 6.45) is 0. The predicted octanol–water partition coefficient (Wildman–Crippen LogP) is 3.77. The Morgan fingerprint density at radius 2 is 1.95 bits per heavy atom. The maximum Gasteiger partial charge on any atom is 0.238 e. The largest absolute Gasteiger partial charge is 0.325 e. The molecular weight excluding hydrogens is 291 g/mol. The highest BCUT2D eigenvalue weighted by molar-refractivity contribution is 6.30. The molecule has 5 heteroatoms. The minimum absolute atomic E-state index is 0.00247. The van der Waals surface area contributed by atoms with Crippen molar-refractivity contribution < 1.29 is 9.18 Å². The third kappa shape index (κ3) is 4.85. The zero-order valence-electron chi connectivity index (χ0n) is 11.6. The molecule has 2 aromatic rings. The fourth-order valence-corrected chi connectivity index (χ4v) is 2.08. The van der Waals surface area contributed by atoms with Gasteiger partial charge in [-0.1, -0.05) is 23.7 Å². The minimum atomic E-state index is -0.333. The molecule has 1 amide bonds. The molecule has 0 saturated heterocycles. The van der Waals surface area contributed by atoms with Crippen molar-refractivity contribution in [2.45, 2.75) is 13.0 Å². The van der Waals surface area contributed by atoms with Crippen molar-refractivity contribution in [3.63, 3.8) is 0 Å². The number of hydrogen-bond acceptors (Lipinski definition) is 2. The van der Waals surface area contributed by atoms with E-state index >= 15 is 0 Å². The van der Waals surface area contributed by atoms with E-state index < -0.39 is 0 Å². The van der Waals surface area contributed by atoms with Crippen LogP contribution in [-0.4, -0.2) is 12.5 Å². The van der Waals surface area contributed by atoms with E-state index in [-0.39, 0.29) is 24.3 Å². The molecule has 0 spiro atoms. The number of hydrogen-bond donors (Lipinski definition) is 2. The predicted molar refractivity (Wildman–Crippen MR) is 82.9 cm³/mol. The van der Waals surface area contributed by atoms with Gasteiger partial charge in [0.2, 0.25) is 5.91 Å². The van der Waals surface area contributed by atoms with Crippen molar-refractivity contribution >= 4 is 23.2 Å². The molecular formula is C16H16ClFN2O. The molecule has 0 aliphatic rings. The number of carbonyl (C=O) groups is 1. The number of halogens is 2. The molecule has 0 fully saturated rings. The van der Waals surface area contributed by atoms with Crippen LogP contribution in [0.4, 0.5) is 10.1 Å². The average molecular weight is 307 g/mol. The Morgan fingerprint density at radius 1 is 1.24 bits per heavy atom. The first kappa shape index (κ1) is 15.5. The van der Waals surface area contributed by atoms with Crippen molar-refractivity contribution in [3.8, 4) is 0 Å². The van der Waals surface area contributed by atoms with Crippen LogP contribution in [0.2, 0.25) is 5.02 Å². The highest BCUT2D eigenvalue weighted by Gasteiger charge is 2.08. The molecule has 0 radical (unpaired) electrons. The summed E-state index contributed by atoms with van der Waals surface area (Å²) in [5, 5.41) is 6.47. The van der Waals surface area contributed by atoms with Crippen molar-refractivity contribution in [1.82, 2.24) is 5.32 Å². The number of carbonyl (C=O) groups excluding carboxylic acids is 1. The van der Waals surface area contributed by atoms with Gasteiger partial charge in [-0.05, 0) is 48.9 Å². The molecule has 0 aliphatic heterocycles. The first-order chi connectivity index (χ1) is 10.0. The van der Waals surface area contributed by atoms with Crippen LogP contribution in [0, 0.1) is 5.82 Å². The third-order valence-electron chi connectivity index (χ3n) is 3.05. The monoisotopic (exact) mass is 306 g/mol. The second kappa shape index (κ2) is 7.20. The van der Waals surface area contributed by atoms with E-state index in [1.54, 1.807) is 6.07 Å². The lowest BCUT2D eigenvalue weighted by Gasteiger charge is -2.14. The minimum Gasteiger partial charge on any atom is -0.325 e. The summed E-state index contributed by atoms with van der Waals surface area (Å²) < 4.78 is 12.8. The van der Waals surface area contributed by atoms with Crippen LogP contribution in [0.15, 0.2) is 48.5 Å². The first-order valence-corrected chi connectivity index (χ1v) is 6.96. The molecule has 2 aromatic carbocycles. The highest BCUT2D eigenvalue weighted by Crippen LogP contribution is 2.17. The zero-order valence-corrected chi connectivity index (χ0v) is 12.3. The molecule has 2 N–H and O–H groups in total. The molecule has 21 heavy (non-hydrogen) atoms. The lowest BCUT2D eigenvalue weighted by molar-refractivity contribution is -0.115. The molecule has 0 aliphatic carbocycles. The van der Waals surface area contributed by atoms with Gasteiger partial charge in [-0.2, -0.15) is 0 Å². The molecule has 0 saturated carbocycles. The third-order valence-corrected chi connectivity index (χ3v) is 3.28. The number of benzene rings is 2. The van der Waals surface area contributed by atoms with Gasteiger partial charge < -0.3 is 10.6 Å². The summed E-state index contributed by atoms with van der Waals surface area (Å²) in [5.74, 6) is -0.517. The van der Waals surface area contributed by atoms with E-state index in [1.807, 2.05) is 25.1 Å². The van der Waals surface area contributed by atoms with E-state index in [0.717, 1.165) is 5.56 Å². The highest BCUT2D eigenvalue weighted by atomic mass is 35.5. The van der Waals surface area contributed by atoms with E-state index in [1.165, 1.54) is 24.3 Å². The van der Waals surface area contributed by atoms with Crippen molar-refractivity contribution in [2.24, 2.45) is 0 Å². The van der Waals surface area contributed by atoms with Gasteiger partial charge in [0.15, 0.2) is 0 Å². The average Bonchev–Trinajstić information content (AvgIpc) is 2.47. The fourth-order valence-electron chi connectivity index (χ4n) is 1.88. The SMILES string of the molecule is C[C@H](NCC(=O)Nc1ccc(F)cc1)c1cccc(Cl)c1. The molecule has 0 bridgehead atoms. The smallest absolute Gasteiger partial charge is 0.238 e. The summed E-state index contributed by atoms with van der Waals surface area (Å²) in [5.41, 5.74) is 1.58. The molecule has 0 aromatic heterocycles. The van der Waals surface area contributed by atoms with Crippen LogP contribution >= 0.6 is 11.6 Å². The quantitative estimate of drug-likeness (QED) is 0.883. The van der Waals surface area contributed by atoms with E-state index in [9.17, 15) is 9.18 Å². The van der Waals surface area contributed by atoms with Gasteiger partial charge in [-0.15, -0.1) is 0 Å². The molecule has 0 heterocycles. The van der Waals surface area contributed by atoms with Gasteiger partial charge in [0.05, 0.1) is 6.54 Å². The standard InChI is InChI=1S/C16H16ClFN2O/c1-11(12-3-2-4-13(17)9-12)19-10-16(21)20-15-7-5-14(18)6-8-15/h2-9,11,19H,10H2,1H3,(H,20,21)/t11-/m0/s1. The number of nitrogens with one attached hydrogen (secondary N) is 2. The topological polar surface area (TPSA) is 41.1 Å². The zero-order chi connectivity index (χ0) is 15.2. The normalized spacial score (nSPS) is 12.0. The maximum atomic E-state index is 12.8. The summed E-state index contributed by atoms with van der Waals surface area (Å²) in [7, 11) is 0. The molecule has 1 atom stereocenters. The van der Waals surface area contributed by atoms with Gasteiger partial charge in [0.1, 0.15) is 5.82 Å². The van der Waals surface area contributed by atoms with Crippen molar-refractivity contribution in [1.29, 1.82) is 0 Å². The summed E-state index contributed by atoms with van der Waals surface area (Å²) in [6.45, 7) is 2.11. The van der Waals surface area contributed by atoms with Gasteiger partial charge in [-0.3, -0.25) is 4.79 Å². The lowest BCUT2D eigenvalue weighted by Crippen LogP contribution is -2.30. The van der Waals surface area contributed by atoms with E-state index in [2.05, 4.69) is 10.6 Å². The second-order valence-corrected chi connectivity index (χ2v) is 5.15. The summed E-state index contributed by atoms with van der Waals surface area (Å²) >= 11 is 5.93. The summed E-state index contributed by atoms with van der Waals surface area (Å²) in [4.78, 5) is 11.8. The van der Waals surface area contributed by atoms with Crippen LogP contribution in [0.5, 0.6) is 0 Å². The fraction of sp³-hybridized carbons (Fsp3) is 0.188. The van der Waals surface area contributed by atoms with E-state index in [4.69, 9.17) is 11.6 Å². The van der Waals surface area contributed by atoms with E-state index in [0.29, 0.717) is 10.7 Å². The van der Waals surface area contributed by atoms with Crippen molar-refractivity contribution in [2.75, 3.05) is 11.9 Å². The van der Waals surface area contributed by atoms with Gasteiger partial charge in [-0.25, -0.2) is 4.39 Å². The molecule has 3 nitrogen and oxygen atoms in total. The second-order valence-electron chi connectivity index (χ2n) is 4.71. The maximum absolute atomic E-state index is 12.8. The van der Waals surface area contributed by atoms with Crippen LogP contribution in [0.1, 0.15) is 18.5 Å².